The summed E-state index contributed by atoms with van der Waals surface area (Å²) in [5.41, 5.74) is 2.71. The lowest BCUT2D eigenvalue weighted by atomic mass is 9.81. The lowest BCUT2D eigenvalue weighted by Crippen LogP contribution is -2.29. The second-order valence-electron chi connectivity index (χ2n) is 6.22. The van der Waals surface area contributed by atoms with Crippen molar-refractivity contribution in [2.24, 2.45) is 0 Å². The number of benzene rings is 1. The van der Waals surface area contributed by atoms with Crippen molar-refractivity contribution in [2.45, 2.75) is 30.6 Å². The lowest BCUT2D eigenvalue weighted by Gasteiger charge is -2.29. The third-order valence-electron chi connectivity index (χ3n) is 4.45. The molecule has 7 heteroatoms. The van der Waals surface area contributed by atoms with E-state index < -0.39 is 6.10 Å². The topological polar surface area (TPSA) is 77.2 Å². The van der Waals surface area contributed by atoms with Crippen LogP contribution in [0.3, 0.4) is 0 Å². The van der Waals surface area contributed by atoms with Gasteiger partial charge in [-0.3, -0.25) is 15.4 Å². The highest BCUT2D eigenvalue weighted by Crippen LogP contribution is 2.46. The number of aliphatic hydroxyl groups excluding tert-OH is 1. The summed E-state index contributed by atoms with van der Waals surface area (Å²) in [7, 11) is 0. The van der Waals surface area contributed by atoms with Crippen LogP contribution in [0, 0.1) is 5.82 Å². The summed E-state index contributed by atoms with van der Waals surface area (Å²) in [6.45, 7) is 1.75. The minimum atomic E-state index is -0.391. The summed E-state index contributed by atoms with van der Waals surface area (Å²) < 4.78 is 13.8. The number of nitrogens with one attached hydrogen (secondary N) is 3. The van der Waals surface area contributed by atoms with Gasteiger partial charge in [0.1, 0.15) is 11.3 Å². The smallest absolute Gasteiger partial charge is 0.256 e. The zero-order valence-corrected chi connectivity index (χ0v) is 13.9. The number of halogens is 1. The maximum atomic E-state index is 13.8. The molecule has 4 unspecified atom stereocenters. The Bertz CT molecular complexity index is 839. The van der Waals surface area contributed by atoms with Crippen LogP contribution in [0.1, 0.15) is 30.1 Å². The Morgan fingerprint density at radius 3 is 2.75 bits per heavy atom. The number of H-pyrrole nitrogens is 1. The molecule has 1 aromatic carbocycles. The van der Waals surface area contributed by atoms with E-state index >= 15 is 0 Å². The molecule has 5 nitrogen and oxygen atoms in total. The SMILES string of the molecule is CC(O)CSC1NC2c3ccc(F)cc3-c3c(cc[nH]c3=O)C2N1. The first-order valence-corrected chi connectivity index (χ1v) is 8.92. The number of rotatable bonds is 3. The number of hydrogen-bond acceptors (Lipinski definition) is 5. The van der Waals surface area contributed by atoms with Crippen LogP contribution in [0.5, 0.6) is 0 Å². The molecule has 0 radical (unpaired) electrons. The molecule has 0 amide bonds. The molecule has 2 aliphatic rings. The minimum absolute atomic E-state index is 0.0404. The summed E-state index contributed by atoms with van der Waals surface area (Å²) in [5.74, 6) is 0.246. The third kappa shape index (κ3) is 2.57. The zero-order chi connectivity index (χ0) is 16.8. The molecule has 126 valence electrons. The molecule has 2 aromatic rings. The molecule has 1 aliphatic heterocycles. The summed E-state index contributed by atoms with van der Waals surface area (Å²) in [6.07, 6.45) is 1.23. The Hall–Kier alpha value is -1.67. The zero-order valence-electron chi connectivity index (χ0n) is 13.0. The first kappa shape index (κ1) is 15.8. The number of fused-ring (bicyclic) bond motifs is 6. The van der Waals surface area contributed by atoms with Gasteiger partial charge in [0.05, 0.1) is 23.8 Å². The van der Waals surface area contributed by atoms with Crippen LogP contribution in [-0.2, 0) is 0 Å². The van der Waals surface area contributed by atoms with Gasteiger partial charge in [-0.05, 0) is 41.8 Å². The normalized spacial score (nSPS) is 25.7. The van der Waals surface area contributed by atoms with Crippen molar-refractivity contribution < 1.29 is 9.50 Å². The molecular formula is C17H18FN3O2S. The van der Waals surface area contributed by atoms with E-state index in [2.05, 4.69) is 15.6 Å². The number of thioether (sulfide) groups is 1. The highest BCUT2D eigenvalue weighted by molar-refractivity contribution is 7.99. The molecule has 24 heavy (non-hydrogen) atoms. The fourth-order valence-electron chi connectivity index (χ4n) is 3.48. The van der Waals surface area contributed by atoms with E-state index in [1.165, 1.54) is 12.1 Å². The van der Waals surface area contributed by atoms with Crippen LogP contribution in [0.2, 0.25) is 0 Å². The van der Waals surface area contributed by atoms with E-state index in [-0.39, 0.29) is 29.0 Å². The van der Waals surface area contributed by atoms with E-state index in [0.29, 0.717) is 16.9 Å². The average molecular weight is 347 g/mol. The second kappa shape index (κ2) is 6.00. The fourth-order valence-corrected chi connectivity index (χ4v) is 4.44. The van der Waals surface area contributed by atoms with Crippen LogP contribution in [0.15, 0.2) is 35.3 Å². The molecule has 1 saturated heterocycles. The molecule has 4 atom stereocenters. The van der Waals surface area contributed by atoms with E-state index in [1.54, 1.807) is 30.9 Å². The molecule has 0 saturated carbocycles. The molecular weight excluding hydrogens is 329 g/mol. The quantitative estimate of drug-likeness (QED) is 0.682. The number of aromatic amines is 1. The molecule has 1 aromatic heterocycles. The van der Waals surface area contributed by atoms with Crippen molar-refractivity contribution in [3.63, 3.8) is 0 Å². The van der Waals surface area contributed by atoms with E-state index in [4.69, 9.17) is 0 Å². The van der Waals surface area contributed by atoms with Crippen molar-refractivity contribution in [1.82, 2.24) is 15.6 Å². The predicted octanol–water partition coefficient (Wildman–Crippen LogP) is 1.87. The molecule has 2 heterocycles. The van der Waals surface area contributed by atoms with Crippen molar-refractivity contribution in [3.05, 3.63) is 57.8 Å². The molecule has 4 rings (SSSR count). The van der Waals surface area contributed by atoms with Gasteiger partial charge in [0.15, 0.2) is 0 Å². The fraction of sp³-hybridized carbons (Fsp3) is 0.353. The van der Waals surface area contributed by atoms with Crippen LogP contribution in [-0.4, -0.2) is 27.4 Å². The maximum Gasteiger partial charge on any atom is 0.256 e. The molecule has 1 fully saturated rings. The third-order valence-corrected chi connectivity index (χ3v) is 5.73. The number of aliphatic hydroxyl groups is 1. The van der Waals surface area contributed by atoms with Gasteiger partial charge in [0.25, 0.3) is 5.56 Å². The monoisotopic (exact) mass is 347 g/mol. The Kier molecular flexibility index (Phi) is 3.96. The molecule has 4 N–H and O–H groups in total. The highest BCUT2D eigenvalue weighted by atomic mass is 32.2. The average Bonchev–Trinajstić information content (AvgIpc) is 2.97. The van der Waals surface area contributed by atoms with Gasteiger partial charge in [-0.1, -0.05) is 6.07 Å². The Morgan fingerprint density at radius 2 is 2.00 bits per heavy atom. The first-order valence-electron chi connectivity index (χ1n) is 7.88. The second-order valence-corrected chi connectivity index (χ2v) is 7.36. The van der Waals surface area contributed by atoms with Gasteiger partial charge in [0.2, 0.25) is 0 Å². The van der Waals surface area contributed by atoms with Crippen molar-refractivity contribution in [3.8, 4) is 11.1 Å². The van der Waals surface area contributed by atoms with Crippen LogP contribution in [0.4, 0.5) is 4.39 Å². The maximum absolute atomic E-state index is 13.8. The van der Waals surface area contributed by atoms with E-state index in [0.717, 1.165) is 11.1 Å². The van der Waals surface area contributed by atoms with Gasteiger partial charge in [-0.2, -0.15) is 0 Å². The van der Waals surface area contributed by atoms with Crippen molar-refractivity contribution in [1.29, 1.82) is 0 Å². The van der Waals surface area contributed by atoms with Gasteiger partial charge < -0.3 is 10.1 Å². The summed E-state index contributed by atoms with van der Waals surface area (Å²) in [4.78, 5) is 15.0. The largest absolute Gasteiger partial charge is 0.393 e. The molecule has 0 bridgehead atoms. The van der Waals surface area contributed by atoms with E-state index in [9.17, 15) is 14.3 Å². The standard InChI is InChI=1S/C17H18FN3O2S/c1-8(22)7-24-17-20-14-10-3-2-9(18)6-12(10)13-11(15(14)21-17)4-5-19-16(13)23/h2-6,8,14-15,17,20-22H,7H2,1H3,(H,19,23). The Morgan fingerprint density at radius 1 is 1.25 bits per heavy atom. The lowest BCUT2D eigenvalue weighted by molar-refractivity contribution is 0.220. The van der Waals surface area contributed by atoms with E-state index in [1.807, 2.05) is 6.07 Å². The van der Waals surface area contributed by atoms with Crippen LogP contribution < -0.4 is 16.2 Å². The number of aromatic nitrogens is 1. The summed E-state index contributed by atoms with van der Waals surface area (Å²) in [5, 5.41) is 16.5. The molecule has 0 spiro atoms. The van der Waals surface area contributed by atoms with Crippen molar-refractivity contribution in [2.75, 3.05) is 5.75 Å². The van der Waals surface area contributed by atoms with Gasteiger partial charge >= 0.3 is 0 Å². The van der Waals surface area contributed by atoms with Gasteiger partial charge in [0, 0.05) is 11.9 Å². The highest BCUT2D eigenvalue weighted by Gasteiger charge is 2.41. The van der Waals surface area contributed by atoms with Gasteiger partial charge in [-0.15, -0.1) is 11.8 Å². The Balaban J connectivity index is 1.79. The number of hydrogen-bond donors (Lipinski definition) is 4. The predicted molar refractivity (Wildman–Crippen MR) is 92.1 cm³/mol. The minimum Gasteiger partial charge on any atom is -0.393 e. The van der Waals surface area contributed by atoms with Crippen LogP contribution >= 0.6 is 11.8 Å². The summed E-state index contributed by atoms with van der Waals surface area (Å²) >= 11 is 1.58. The Labute approximate surface area is 142 Å². The molecule has 1 aliphatic carbocycles. The summed E-state index contributed by atoms with van der Waals surface area (Å²) in [6, 6.07) is 6.37. The first-order chi connectivity index (χ1) is 11.5. The number of pyridine rings is 1. The van der Waals surface area contributed by atoms with Crippen LogP contribution in [0.25, 0.3) is 11.1 Å². The van der Waals surface area contributed by atoms with Crippen molar-refractivity contribution >= 4 is 11.8 Å². The van der Waals surface area contributed by atoms with Gasteiger partial charge in [-0.25, -0.2) is 4.39 Å².